The summed E-state index contributed by atoms with van der Waals surface area (Å²) in [7, 11) is 0. The zero-order valence-corrected chi connectivity index (χ0v) is 11.4. The minimum absolute atomic E-state index is 0.0349. The molecule has 0 bridgehead atoms. The van der Waals surface area contributed by atoms with Gasteiger partial charge in [-0.25, -0.2) is 0 Å². The van der Waals surface area contributed by atoms with Crippen LogP contribution in [0.2, 0.25) is 0 Å². The van der Waals surface area contributed by atoms with Crippen LogP contribution < -0.4 is 4.74 Å². The van der Waals surface area contributed by atoms with Gasteiger partial charge in [-0.05, 0) is 42.3 Å². The monoisotopic (exact) mass is 296 g/mol. The number of hydrogen-bond acceptors (Lipinski definition) is 2. The van der Waals surface area contributed by atoms with Gasteiger partial charge in [-0.1, -0.05) is 24.3 Å². The molecule has 0 amide bonds. The predicted octanol–water partition coefficient (Wildman–Crippen LogP) is 4.34. The van der Waals surface area contributed by atoms with Gasteiger partial charge < -0.3 is 9.84 Å². The number of rotatable bonds is 4. The maximum atomic E-state index is 12.6. The summed E-state index contributed by atoms with van der Waals surface area (Å²) in [5.41, 5.74) is 0.435. The summed E-state index contributed by atoms with van der Waals surface area (Å²) in [6.45, 7) is 1.67. The number of ether oxygens (including phenoxy) is 1. The minimum atomic E-state index is -4.36. The molecule has 0 fully saturated rings. The third-order valence-electron chi connectivity index (χ3n) is 3.00. The van der Waals surface area contributed by atoms with Crippen molar-refractivity contribution < 1.29 is 23.0 Å². The molecule has 112 valence electrons. The topological polar surface area (TPSA) is 29.5 Å². The highest BCUT2D eigenvalue weighted by molar-refractivity contribution is 5.30. The van der Waals surface area contributed by atoms with E-state index in [4.69, 9.17) is 4.74 Å². The predicted molar refractivity (Wildman–Crippen MR) is 72.9 cm³/mol. The first-order chi connectivity index (χ1) is 9.86. The molecule has 0 heterocycles. The molecule has 2 aromatic carbocycles. The van der Waals surface area contributed by atoms with Gasteiger partial charge in [-0.15, -0.1) is 0 Å². The van der Waals surface area contributed by atoms with Gasteiger partial charge in [0, 0.05) is 0 Å². The molecule has 0 spiro atoms. The second-order valence-corrected chi connectivity index (χ2v) is 4.74. The number of hydrogen-bond donors (Lipinski definition) is 1. The fraction of sp³-hybridized carbons (Fsp3) is 0.250. The zero-order valence-electron chi connectivity index (χ0n) is 11.4. The molecule has 2 nitrogen and oxygen atoms in total. The summed E-state index contributed by atoms with van der Waals surface area (Å²) >= 11 is 0. The number of aliphatic hydroxyl groups excluding tert-OH is 1. The van der Waals surface area contributed by atoms with E-state index in [2.05, 4.69) is 0 Å². The molecule has 0 radical (unpaired) electrons. The van der Waals surface area contributed by atoms with Crippen molar-refractivity contribution in [3.05, 3.63) is 65.2 Å². The SMILES string of the molecule is CC(O)c1cccc(OCc2cccc(C(F)(F)F)c2)c1. The van der Waals surface area contributed by atoms with Crippen LogP contribution in [0.4, 0.5) is 13.2 Å². The highest BCUT2D eigenvalue weighted by Crippen LogP contribution is 2.29. The Morgan fingerprint density at radius 2 is 1.81 bits per heavy atom. The molecule has 0 aliphatic heterocycles. The van der Waals surface area contributed by atoms with Crippen LogP contribution in [0, 0.1) is 0 Å². The first kappa shape index (κ1) is 15.4. The second kappa shape index (κ2) is 6.18. The number of aliphatic hydroxyl groups is 1. The van der Waals surface area contributed by atoms with E-state index >= 15 is 0 Å². The van der Waals surface area contributed by atoms with E-state index < -0.39 is 17.8 Å². The Hall–Kier alpha value is -2.01. The van der Waals surface area contributed by atoms with Crippen molar-refractivity contribution in [3.8, 4) is 5.75 Å². The van der Waals surface area contributed by atoms with E-state index in [1.807, 2.05) is 0 Å². The van der Waals surface area contributed by atoms with Crippen molar-refractivity contribution in [3.63, 3.8) is 0 Å². The van der Waals surface area contributed by atoms with Gasteiger partial charge >= 0.3 is 6.18 Å². The van der Waals surface area contributed by atoms with Gasteiger partial charge in [-0.3, -0.25) is 0 Å². The van der Waals surface area contributed by atoms with Crippen molar-refractivity contribution in [2.45, 2.75) is 25.8 Å². The lowest BCUT2D eigenvalue weighted by molar-refractivity contribution is -0.137. The van der Waals surface area contributed by atoms with Crippen molar-refractivity contribution in [1.82, 2.24) is 0 Å². The van der Waals surface area contributed by atoms with E-state index in [9.17, 15) is 18.3 Å². The van der Waals surface area contributed by atoms with Gasteiger partial charge in [0.25, 0.3) is 0 Å². The minimum Gasteiger partial charge on any atom is -0.489 e. The highest BCUT2D eigenvalue weighted by atomic mass is 19.4. The van der Waals surface area contributed by atoms with Crippen LogP contribution >= 0.6 is 0 Å². The fourth-order valence-electron chi connectivity index (χ4n) is 1.87. The Labute approximate surface area is 120 Å². The molecule has 0 saturated carbocycles. The summed E-state index contributed by atoms with van der Waals surface area (Å²) in [6, 6.07) is 11.9. The van der Waals surface area contributed by atoms with Gasteiger partial charge in [0.2, 0.25) is 0 Å². The first-order valence-corrected chi connectivity index (χ1v) is 6.43. The average Bonchev–Trinajstić information content (AvgIpc) is 2.45. The molecule has 1 unspecified atom stereocenters. The Balaban J connectivity index is 2.08. The van der Waals surface area contributed by atoms with E-state index in [0.29, 0.717) is 16.9 Å². The lowest BCUT2D eigenvalue weighted by atomic mass is 10.1. The number of benzene rings is 2. The number of alkyl halides is 3. The smallest absolute Gasteiger partial charge is 0.416 e. The Morgan fingerprint density at radius 3 is 2.48 bits per heavy atom. The van der Waals surface area contributed by atoms with Crippen LogP contribution in [0.15, 0.2) is 48.5 Å². The van der Waals surface area contributed by atoms with Crippen molar-refractivity contribution in [1.29, 1.82) is 0 Å². The van der Waals surface area contributed by atoms with Gasteiger partial charge in [-0.2, -0.15) is 13.2 Å². The average molecular weight is 296 g/mol. The van der Waals surface area contributed by atoms with E-state index in [1.165, 1.54) is 6.07 Å². The maximum absolute atomic E-state index is 12.6. The summed E-state index contributed by atoms with van der Waals surface area (Å²) in [6.07, 6.45) is -4.98. The molecule has 0 aliphatic rings. The summed E-state index contributed by atoms with van der Waals surface area (Å²) < 4.78 is 43.3. The molecule has 0 saturated heterocycles. The van der Waals surface area contributed by atoms with Gasteiger partial charge in [0.05, 0.1) is 11.7 Å². The molecule has 2 rings (SSSR count). The largest absolute Gasteiger partial charge is 0.489 e. The maximum Gasteiger partial charge on any atom is 0.416 e. The van der Waals surface area contributed by atoms with Gasteiger partial charge in [0.1, 0.15) is 12.4 Å². The summed E-state index contributed by atoms with van der Waals surface area (Å²) in [5, 5.41) is 9.48. The molecule has 0 aromatic heterocycles. The van der Waals surface area contributed by atoms with E-state index in [1.54, 1.807) is 37.3 Å². The lowest BCUT2D eigenvalue weighted by Crippen LogP contribution is -2.06. The standard InChI is InChI=1S/C16H15F3O2/c1-11(20)13-5-3-7-15(9-13)21-10-12-4-2-6-14(8-12)16(17,18)19/h2-9,11,20H,10H2,1H3. The molecule has 0 aliphatic carbocycles. The third kappa shape index (κ3) is 4.23. The molecule has 2 aromatic rings. The summed E-state index contributed by atoms with van der Waals surface area (Å²) in [4.78, 5) is 0. The van der Waals surface area contributed by atoms with Crippen LogP contribution in [-0.4, -0.2) is 5.11 Å². The molecule has 21 heavy (non-hydrogen) atoms. The van der Waals surface area contributed by atoms with E-state index in [0.717, 1.165) is 12.1 Å². The second-order valence-electron chi connectivity index (χ2n) is 4.74. The van der Waals surface area contributed by atoms with Gasteiger partial charge in [0.15, 0.2) is 0 Å². The Kier molecular flexibility index (Phi) is 4.53. The van der Waals surface area contributed by atoms with Crippen LogP contribution in [0.5, 0.6) is 5.75 Å². The van der Waals surface area contributed by atoms with Crippen molar-refractivity contribution in [2.75, 3.05) is 0 Å². The lowest BCUT2D eigenvalue weighted by Gasteiger charge is -2.11. The normalized spacial score (nSPS) is 13.0. The Morgan fingerprint density at radius 1 is 1.10 bits per heavy atom. The highest BCUT2D eigenvalue weighted by Gasteiger charge is 2.30. The quantitative estimate of drug-likeness (QED) is 0.909. The van der Waals surface area contributed by atoms with Crippen molar-refractivity contribution in [2.24, 2.45) is 0 Å². The van der Waals surface area contributed by atoms with Crippen LogP contribution in [0.3, 0.4) is 0 Å². The van der Waals surface area contributed by atoms with Crippen LogP contribution in [0.25, 0.3) is 0 Å². The molecular weight excluding hydrogens is 281 g/mol. The number of halogens is 3. The van der Waals surface area contributed by atoms with Crippen LogP contribution in [-0.2, 0) is 12.8 Å². The van der Waals surface area contributed by atoms with Crippen molar-refractivity contribution >= 4 is 0 Å². The molecule has 5 heteroatoms. The third-order valence-corrected chi connectivity index (χ3v) is 3.00. The van der Waals surface area contributed by atoms with E-state index in [-0.39, 0.29) is 6.61 Å². The zero-order chi connectivity index (χ0) is 15.5. The summed E-state index contributed by atoms with van der Waals surface area (Å²) in [5.74, 6) is 0.505. The molecular formula is C16H15F3O2. The Bertz CT molecular complexity index is 606. The molecule has 1 atom stereocenters. The fourth-order valence-corrected chi connectivity index (χ4v) is 1.87. The van der Waals surface area contributed by atoms with Crippen LogP contribution in [0.1, 0.15) is 29.7 Å². The molecule has 1 N–H and O–H groups in total. The first-order valence-electron chi connectivity index (χ1n) is 6.43.